The fourth-order valence-corrected chi connectivity index (χ4v) is 1.32. The molecule has 0 unspecified atom stereocenters. The molecule has 2 nitrogen and oxygen atoms in total. The first-order chi connectivity index (χ1) is 6.31. The Kier molecular flexibility index (Phi) is 1.77. The van der Waals surface area contributed by atoms with E-state index in [9.17, 15) is 4.39 Å². The van der Waals surface area contributed by atoms with Crippen molar-refractivity contribution in [1.82, 2.24) is 0 Å². The van der Waals surface area contributed by atoms with Crippen LogP contribution in [-0.2, 0) is 0 Å². The van der Waals surface area contributed by atoms with Crippen molar-refractivity contribution in [3.8, 4) is 0 Å². The molecule has 0 amide bonds. The van der Waals surface area contributed by atoms with Crippen LogP contribution in [0.3, 0.4) is 0 Å². The van der Waals surface area contributed by atoms with Crippen LogP contribution < -0.4 is 0 Å². The molecule has 0 spiro atoms. The third kappa shape index (κ3) is 1.28. The molecule has 0 aliphatic heterocycles. The van der Waals surface area contributed by atoms with E-state index in [2.05, 4.69) is 5.11 Å². The van der Waals surface area contributed by atoms with Crippen molar-refractivity contribution in [2.75, 3.05) is 0 Å². The number of hydrogen-bond donors (Lipinski definition) is 0. The van der Waals surface area contributed by atoms with Gasteiger partial charge in [-0.15, -0.1) is 0 Å². The quantitative estimate of drug-likeness (QED) is 0.590. The molecule has 2 rings (SSSR count). The number of rotatable bonds is 1. The van der Waals surface area contributed by atoms with Crippen molar-refractivity contribution < 1.29 is 4.39 Å². The average molecular weight is 173 g/mol. The van der Waals surface area contributed by atoms with Crippen molar-refractivity contribution in [3.63, 3.8) is 0 Å². The maximum atomic E-state index is 12.8. The summed E-state index contributed by atoms with van der Waals surface area (Å²) in [6, 6.07) is 9.60. The molecule has 0 aromatic heterocycles. The van der Waals surface area contributed by atoms with E-state index in [-0.39, 0.29) is 5.82 Å². The summed E-state index contributed by atoms with van der Waals surface area (Å²) in [7, 11) is 0. The van der Waals surface area contributed by atoms with Crippen LogP contribution in [0, 0.1) is 5.82 Å². The lowest BCUT2D eigenvalue weighted by Gasteiger charge is -2.03. The van der Waals surface area contributed by atoms with Gasteiger partial charge in [0.15, 0.2) is 0 Å². The molecule has 2 aromatic carbocycles. The van der Waals surface area contributed by atoms with Crippen LogP contribution in [-0.4, -0.2) is 0 Å². The zero-order valence-electron chi connectivity index (χ0n) is 6.74. The van der Waals surface area contributed by atoms with Gasteiger partial charge in [-0.05, 0) is 23.6 Å². The monoisotopic (exact) mass is 173 g/mol. The second-order valence-corrected chi connectivity index (χ2v) is 2.74. The van der Waals surface area contributed by atoms with Crippen molar-refractivity contribution >= 4 is 16.5 Å². The average Bonchev–Trinajstić information content (AvgIpc) is 2.17. The molecule has 0 aliphatic carbocycles. The van der Waals surface area contributed by atoms with Crippen LogP contribution in [0.2, 0.25) is 0 Å². The molecule has 0 fully saturated rings. The highest BCUT2D eigenvalue weighted by molar-refractivity contribution is 5.92. The lowest BCUT2D eigenvalue weighted by Crippen LogP contribution is -1.76. The molecule has 0 radical (unpaired) electrons. The van der Waals surface area contributed by atoms with Gasteiger partial charge in [0.1, 0.15) is 5.82 Å². The van der Waals surface area contributed by atoms with Crippen LogP contribution in [0.1, 0.15) is 0 Å². The zero-order valence-corrected chi connectivity index (χ0v) is 6.74. The summed E-state index contributed by atoms with van der Waals surface area (Å²) >= 11 is 0. The number of hydrogen-bond acceptors (Lipinski definition) is 1. The summed E-state index contributed by atoms with van der Waals surface area (Å²) in [5.41, 5.74) is 9.02. The van der Waals surface area contributed by atoms with Crippen LogP contribution in [0.25, 0.3) is 16.3 Å². The van der Waals surface area contributed by atoms with Gasteiger partial charge in [0.25, 0.3) is 0 Å². The van der Waals surface area contributed by atoms with E-state index in [4.69, 9.17) is 5.53 Å². The number of fused-ring (bicyclic) bond motifs is 1. The largest absolute Gasteiger partial charge is 0.706 e. The van der Waals surface area contributed by atoms with E-state index in [1.54, 1.807) is 18.2 Å². The topological polar surface area (TPSA) is 34.7 Å². The summed E-state index contributed by atoms with van der Waals surface area (Å²) < 4.78 is 12.8. The minimum absolute atomic E-state index is 0.330. The maximum absolute atomic E-state index is 12.8. The SMILES string of the molecule is [N-]=Nc1cccc2ccc(F)cc12. The first-order valence-corrected chi connectivity index (χ1v) is 3.84. The van der Waals surface area contributed by atoms with Crippen LogP contribution in [0.15, 0.2) is 41.5 Å². The highest BCUT2D eigenvalue weighted by Crippen LogP contribution is 2.26. The summed E-state index contributed by atoms with van der Waals surface area (Å²) in [4.78, 5) is 0. The molecule has 0 atom stereocenters. The van der Waals surface area contributed by atoms with Gasteiger partial charge in [0.2, 0.25) is 0 Å². The summed E-state index contributed by atoms with van der Waals surface area (Å²) in [6.45, 7) is 0. The van der Waals surface area contributed by atoms with Crippen molar-refractivity contribution in [2.45, 2.75) is 0 Å². The molecule has 0 saturated heterocycles. The van der Waals surface area contributed by atoms with Gasteiger partial charge in [-0.3, -0.25) is 0 Å². The third-order valence-corrected chi connectivity index (χ3v) is 1.93. The Morgan fingerprint density at radius 1 is 1.15 bits per heavy atom. The Hall–Kier alpha value is -1.77. The normalized spacial score (nSPS) is 10.2. The van der Waals surface area contributed by atoms with Crippen molar-refractivity contribution in [2.24, 2.45) is 5.11 Å². The van der Waals surface area contributed by atoms with Gasteiger partial charge >= 0.3 is 0 Å². The van der Waals surface area contributed by atoms with Crippen LogP contribution in [0.4, 0.5) is 10.1 Å². The molecule has 3 heteroatoms. The van der Waals surface area contributed by atoms with Crippen LogP contribution in [0.5, 0.6) is 0 Å². The third-order valence-electron chi connectivity index (χ3n) is 1.93. The number of nitrogens with zero attached hydrogens (tertiary/aromatic N) is 2. The standard InChI is InChI=1S/C10H6FN2/c11-8-5-4-7-2-1-3-10(13-12)9(7)6-8/h1-6H/q-1. The summed E-state index contributed by atoms with van der Waals surface area (Å²) in [5.74, 6) is -0.330. The molecule has 13 heavy (non-hydrogen) atoms. The Labute approximate surface area is 74.5 Å². The number of halogens is 1. The predicted octanol–water partition coefficient (Wildman–Crippen LogP) is 3.63. The molecule has 0 heterocycles. The lowest BCUT2D eigenvalue weighted by molar-refractivity contribution is 0.630. The minimum Gasteiger partial charge on any atom is -0.706 e. The van der Waals surface area contributed by atoms with E-state index < -0.39 is 0 Å². The van der Waals surface area contributed by atoms with Gasteiger partial charge in [-0.25, -0.2) is 4.39 Å². The summed E-state index contributed by atoms with van der Waals surface area (Å²) in [5, 5.41) is 4.55. The number of benzene rings is 2. The van der Waals surface area contributed by atoms with Crippen molar-refractivity contribution in [1.29, 1.82) is 0 Å². The zero-order chi connectivity index (χ0) is 9.26. The predicted molar refractivity (Wildman–Crippen MR) is 49.4 cm³/mol. The molecule has 0 saturated carbocycles. The molecule has 0 aliphatic rings. The van der Waals surface area contributed by atoms with Crippen molar-refractivity contribution in [3.05, 3.63) is 47.7 Å². The fraction of sp³-hybridized carbons (Fsp3) is 0. The van der Waals surface area contributed by atoms with Gasteiger partial charge < -0.3 is 10.6 Å². The highest BCUT2D eigenvalue weighted by atomic mass is 19.1. The van der Waals surface area contributed by atoms with Crippen LogP contribution >= 0.6 is 0 Å². The molecule has 0 N–H and O–H groups in total. The molecule has 64 valence electrons. The van der Waals surface area contributed by atoms with Gasteiger partial charge in [-0.2, -0.15) is 0 Å². The van der Waals surface area contributed by atoms with E-state index in [1.165, 1.54) is 12.1 Å². The first-order valence-electron chi connectivity index (χ1n) is 3.84. The molecular formula is C10H6FN2-. The van der Waals surface area contributed by atoms with E-state index in [0.29, 0.717) is 11.1 Å². The second kappa shape index (κ2) is 2.94. The highest BCUT2D eigenvalue weighted by Gasteiger charge is 1.98. The Morgan fingerprint density at radius 3 is 2.77 bits per heavy atom. The summed E-state index contributed by atoms with van der Waals surface area (Å²) in [6.07, 6.45) is 0. The van der Waals surface area contributed by atoms with Gasteiger partial charge in [-0.1, -0.05) is 18.2 Å². The van der Waals surface area contributed by atoms with Gasteiger partial charge in [0.05, 0.1) is 0 Å². The van der Waals surface area contributed by atoms with E-state index in [0.717, 1.165) is 5.39 Å². The molecule has 0 bridgehead atoms. The van der Waals surface area contributed by atoms with E-state index in [1.807, 2.05) is 6.07 Å². The second-order valence-electron chi connectivity index (χ2n) is 2.74. The first kappa shape index (κ1) is 7.86. The Bertz CT molecular complexity index is 465. The minimum atomic E-state index is -0.330. The molecule has 2 aromatic rings. The smallest absolute Gasteiger partial charge is 0.123 e. The Morgan fingerprint density at radius 2 is 2.00 bits per heavy atom. The fourth-order valence-electron chi connectivity index (χ4n) is 1.32. The lowest BCUT2D eigenvalue weighted by atomic mass is 10.1. The molecular weight excluding hydrogens is 167 g/mol. The van der Waals surface area contributed by atoms with Gasteiger partial charge in [0, 0.05) is 11.1 Å². The Balaban J connectivity index is 2.86. The van der Waals surface area contributed by atoms with E-state index >= 15 is 0 Å². The maximum Gasteiger partial charge on any atom is 0.123 e.